The van der Waals surface area contributed by atoms with Gasteiger partial charge in [-0.05, 0) is 26.3 Å². The molecule has 1 aromatic rings. The van der Waals surface area contributed by atoms with Gasteiger partial charge in [0.2, 0.25) is 0 Å². The first-order valence-electron chi connectivity index (χ1n) is 7.84. The Bertz CT molecular complexity index is 734. The summed E-state index contributed by atoms with van der Waals surface area (Å²) in [6.45, 7) is 6.34. The van der Waals surface area contributed by atoms with E-state index < -0.39 is 16.6 Å². The van der Waals surface area contributed by atoms with Crippen molar-refractivity contribution >= 4 is 18.0 Å². The van der Waals surface area contributed by atoms with E-state index in [-0.39, 0.29) is 5.69 Å². The summed E-state index contributed by atoms with van der Waals surface area (Å²) in [6.07, 6.45) is 1.19. The average Bonchev–Trinajstić information content (AvgIpc) is 2.87. The molecule has 0 fully saturated rings. The highest BCUT2D eigenvalue weighted by molar-refractivity contribution is 5.83. The normalized spacial score (nSPS) is 15.1. The van der Waals surface area contributed by atoms with Crippen molar-refractivity contribution in [3.8, 4) is 0 Å². The van der Waals surface area contributed by atoms with E-state index in [4.69, 9.17) is 10.5 Å². The lowest BCUT2D eigenvalue weighted by atomic mass is 10.2. The van der Waals surface area contributed by atoms with Gasteiger partial charge >= 0.3 is 6.09 Å². The molecule has 0 saturated carbocycles. The van der Waals surface area contributed by atoms with Crippen molar-refractivity contribution in [3.05, 3.63) is 51.2 Å². The van der Waals surface area contributed by atoms with E-state index >= 15 is 0 Å². The average molecular weight is 346 g/mol. The van der Waals surface area contributed by atoms with Crippen molar-refractivity contribution < 1.29 is 14.5 Å². The summed E-state index contributed by atoms with van der Waals surface area (Å²) in [6, 6.07) is 6.31. The maximum Gasteiger partial charge on any atom is 0.410 e. The Kier molecular flexibility index (Phi) is 5.41. The maximum absolute atomic E-state index is 12.1. The fourth-order valence-corrected chi connectivity index (χ4v) is 2.28. The molecule has 8 nitrogen and oxygen atoms in total. The lowest BCUT2D eigenvalue weighted by molar-refractivity contribution is -0.384. The molecule has 0 unspecified atom stereocenters. The molecule has 8 heteroatoms. The molecule has 2 N–H and O–H groups in total. The smallest absolute Gasteiger partial charge is 0.410 e. The van der Waals surface area contributed by atoms with E-state index in [0.717, 1.165) is 11.1 Å². The second-order valence-electron chi connectivity index (χ2n) is 6.78. The first kappa shape index (κ1) is 18.4. The first-order valence-corrected chi connectivity index (χ1v) is 7.84. The lowest BCUT2D eigenvalue weighted by Crippen LogP contribution is -2.36. The molecule has 2 rings (SSSR count). The maximum atomic E-state index is 12.1. The van der Waals surface area contributed by atoms with Crippen molar-refractivity contribution in [1.29, 1.82) is 0 Å². The number of nitro groups is 1. The van der Waals surface area contributed by atoms with Gasteiger partial charge in [0.1, 0.15) is 5.60 Å². The molecule has 0 radical (unpaired) electrons. The van der Waals surface area contributed by atoms with Crippen LogP contribution < -0.4 is 5.73 Å². The number of benzene rings is 1. The molecule has 0 spiro atoms. The van der Waals surface area contributed by atoms with Crippen LogP contribution in [0.3, 0.4) is 0 Å². The molecule has 0 saturated heterocycles. The van der Waals surface area contributed by atoms with Crippen LogP contribution in [0.25, 0.3) is 0 Å². The third-order valence-corrected chi connectivity index (χ3v) is 3.43. The molecule has 25 heavy (non-hydrogen) atoms. The molecule has 0 aromatic heterocycles. The topological polar surface area (TPSA) is 111 Å². The van der Waals surface area contributed by atoms with Gasteiger partial charge in [-0.3, -0.25) is 20.0 Å². The number of carbonyl (C=O) groups excluding carboxylic acids is 1. The number of non-ortho nitro benzene ring substituents is 1. The van der Waals surface area contributed by atoms with E-state index in [9.17, 15) is 14.9 Å². The quantitative estimate of drug-likeness (QED) is 0.512. The first-order chi connectivity index (χ1) is 11.7. The summed E-state index contributed by atoms with van der Waals surface area (Å²) in [5, 5.41) is 10.8. The molecule has 1 aliphatic rings. The Hall–Kier alpha value is -2.90. The van der Waals surface area contributed by atoms with Crippen molar-refractivity contribution in [2.24, 2.45) is 10.7 Å². The van der Waals surface area contributed by atoms with Crippen LogP contribution in [0.5, 0.6) is 0 Å². The van der Waals surface area contributed by atoms with Crippen LogP contribution in [0.2, 0.25) is 0 Å². The minimum absolute atomic E-state index is 0.0309. The van der Waals surface area contributed by atoms with Gasteiger partial charge in [-0.15, -0.1) is 0 Å². The van der Waals surface area contributed by atoms with Gasteiger partial charge in [0.25, 0.3) is 5.69 Å². The number of amides is 1. The van der Waals surface area contributed by atoms with Crippen molar-refractivity contribution in [2.45, 2.75) is 32.9 Å². The van der Waals surface area contributed by atoms with Crippen molar-refractivity contribution in [1.82, 2.24) is 4.90 Å². The Labute approximate surface area is 146 Å². The molecule has 1 aliphatic heterocycles. The highest BCUT2D eigenvalue weighted by atomic mass is 16.6. The number of hydrogen-bond acceptors (Lipinski definition) is 6. The number of carbonyl (C=O) groups is 1. The number of ether oxygens (including phenoxy) is 1. The molecular weight excluding hydrogens is 324 g/mol. The third-order valence-electron chi connectivity index (χ3n) is 3.43. The number of rotatable bonds is 4. The zero-order chi connectivity index (χ0) is 18.6. The van der Waals surface area contributed by atoms with Gasteiger partial charge in [0.15, 0.2) is 0 Å². The summed E-state index contributed by atoms with van der Waals surface area (Å²) in [5.41, 5.74) is 7.47. The van der Waals surface area contributed by atoms with Crippen LogP contribution in [0.1, 0.15) is 26.3 Å². The van der Waals surface area contributed by atoms with E-state index in [2.05, 4.69) is 4.99 Å². The summed E-state index contributed by atoms with van der Waals surface area (Å²) in [5.74, 6) is 0. The van der Waals surface area contributed by atoms with Gasteiger partial charge in [-0.25, -0.2) is 4.79 Å². The van der Waals surface area contributed by atoms with Crippen molar-refractivity contribution in [2.75, 3.05) is 13.1 Å². The zero-order valence-electron chi connectivity index (χ0n) is 14.6. The van der Waals surface area contributed by atoms with Crippen LogP contribution in [0.4, 0.5) is 10.5 Å². The zero-order valence-corrected chi connectivity index (χ0v) is 14.6. The van der Waals surface area contributed by atoms with E-state index in [1.165, 1.54) is 17.0 Å². The van der Waals surface area contributed by atoms with E-state index in [0.29, 0.717) is 25.3 Å². The molecule has 1 heterocycles. The lowest BCUT2D eigenvalue weighted by Gasteiger charge is -2.24. The number of nitrogens with zero attached hydrogens (tertiary/aromatic N) is 3. The highest BCUT2D eigenvalue weighted by Crippen LogP contribution is 2.17. The van der Waals surface area contributed by atoms with Gasteiger partial charge in [0, 0.05) is 29.6 Å². The van der Waals surface area contributed by atoms with Gasteiger partial charge in [-0.2, -0.15) is 0 Å². The summed E-state index contributed by atoms with van der Waals surface area (Å²) >= 11 is 0. The molecule has 1 amide bonds. The fraction of sp³-hybridized carbons (Fsp3) is 0.412. The second-order valence-corrected chi connectivity index (χ2v) is 6.78. The Morgan fingerprint density at radius 2 is 2.16 bits per heavy atom. The molecule has 1 aromatic carbocycles. The van der Waals surface area contributed by atoms with Crippen LogP contribution in [-0.4, -0.2) is 40.8 Å². The van der Waals surface area contributed by atoms with Gasteiger partial charge in [0.05, 0.1) is 24.6 Å². The molecule has 0 atom stereocenters. The van der Waals surface area contributed by atoms with Crippen LogP contribution in [0.15, 0.2) is 40.5 Å². The number of hydrogen-bond donors (Lipinski definition) is 1. The molecular formula is C17H22N4O4. The Morgan fingerprint density at radius 1 is 1.44 bits per heavy atom. The number of nitrogens with two attached hydrogens (primary N) is 1. The van der Waals surface area contributed by atoms with Crippen molar-refractivity contribution in [3.63, 3.8) is 0 Å². The monoisotopic (exact) mass is 346 g/mol. The number of aliphatic imine (C=N–C) groups is 1. The summed E-state index contributed by atoms with van der Waals surface area (Å²) in [4.78, 5) is 28.2. The minimum atomic E-state index is -0.565. The Morgan fingerprint density at radius 3 is 2.80 bits per heavy atom. The largest absolute Gasteiger partial charge is 0.444 e. The Balaban J connectivity index is 1.95. The third kappa shape index (κ3) is 5.30. The highest BCUT2D eigenvalue weighted by Gasteiger charge is 2.27. The predicted molar refractivity (Wildman–Crippen MR) is 94.3 cm³/mol. The summed E-state index contributed by atoms with van der Waals surface area (Å²) < 4.78 is 5.32. The van der Waals surface area contributed by atoms with Crippen LogP contribution >= 0.6 is 0 Å². The molecule has 0 aliphatic carbocycles. The van der Waals surface area contributed by atoms with Gasteiger partial charge in [-0.1, -0.05) is 12.1 Å². The minimum Gasteiger partial charge on any atom is -0.444 e. The van der Waals surface area contributed by atoms with Crippen LogP contribution in [-0.2, 0) is 11.3 Å². The van der Waals surface area contributed by atoms with Gasteiger partial charge < -0.3 is 10.5 Å². The summed E-state index contributed by atoms with van der Waals surface area (Å²) in [7, 11) is 0. The SMILES string of the molecule is CC(C)(C)OC(=O)N1CC(N)=C(C=NCc2cccc([N+](=O)[O-])c2)C1. The second kappa shape index (κ2) is 7.33. The number of nitro benzene ring substituents is 1. The van der Waals surface area contributed by atoms with E-state index in [1.807, 2.05) is 0 Å². The predicted octanol–water partition coefficient (Wildman–Crippen LogP) is 2.63. The standard InChI is InChI=1S/C17H22N4O4/c1-17(2,3)25-16(22)20-10-13(15(18)11-20)9-19-8-12-5-4-6-14(7-12)21(23)24/h4-7,9H,8,10-11,18H2,1-3H3. The van der Waals surface area contributed by atoms with E-state index in [1.54, 1.807) is 39.1 Å². The molecule has 0 bridgehead atoms. The fourth-order valence-electron chi connectivity index (χ4n) is 2.28. The molecule has 134 valence electrons. The van der Waals surface area contributed by atoms with Crippen LogP contribution in [0, 0.1) is 10.1 Å².